The summed E-state index contributed by atoms with van der Waals surface area (Å²) in [6.45, 7) is 1.05. The number of anilines is 3. The molecule has 148 valence electrons. The molecule has 0 spiro atoms. The Hall–Kier alpha value is -2.81. The molecule has 0 unspecified atom stereocenters. The van der Waals surface area contributed by atoms with E-state index in [0.717, 1.165) is 0 Å². The summed E-state index contributed by atoms with van der Waals surface area (Å²) in [7, 11) is 0. The van der Waals surface area contributed by atoms with Gasteiger partial charge in [0, 0.05) is 24.0 Å². The minimum atomic E-state index is -4.46. The highest BCUT2D eigenvalue weighted by atomic mass is 35.5. The van der Waals surface area contributed by atoms with Gasteiger partial charge in [0.1, 0.15) is 24.0 Å². The first kappa shape index (κ1) is 19.9. The lowest BCUT2D eigenvalue weighted by Gasteiger charge is -2.14. The van der Waals surface area contributed by atoms with Crippen molar-refractivity contribution in [2.45, 2.75) is 26.1 Å². The number of nitrogens with one attached hydrogen (secondary N) is 2. The van der Waals surface area contributed by atoms with Crippen LogP contribution in [0.1, 0.15) is 13.3 Å². The Morgan fingerprint density at radius 2 is 2.00 bits per heavy atom. The molecule has 0 bridgehead atoms. The highest BCUT2D eigenvalue weighted by Crippen LogP contribution is 2.26. The van der Waals surface area contributed by atoms with Crippen LogP contribution in [0, 0.1) is 0 Å². The molecule has 3 aromatic heterocycles. The maximum Gasteiger partial charge on any atom is 0.405 e. The molecule has 0 radical (unpaired) electrons. The molecule has 0 amide bonds. The molecule has 2 N–H and O–H groups in total. The van der Waals surface area contributed by atoms with Crippen LogP contribution in [-0.4, -0.2) is 27.3 Å². The SMILES string of the molecule is CCCn1ccc2cc(Nc3cc(Cl)ccn3)nc(NCC(F)(F)F)c2c1=O. The monoisotopic (exact) mass is 411 g/mol. The third kappa shape index (κ3) is 4.72. The van der Waals surface area contributed by atoms with Crippen molar-refractivity contribution in [3.05, 3.63) is 52.0 Å². The van der Waals surface area contributed by atoms with Gasteiger partial charge in [0.05, 0.1) is 5.39 Å². The van der Waals surface area contributed by atoms with Crippen molar-refractivity contribution in [2.24, 2.45) is 0 Å². The first-order valence-electron chi connectivity index (χ1n) is 8.50. The Bertz CT molecular complexity index is 1050. The van der Waals surface area contributed by atoms with Gasteiger partial charge < -0.3 is 15.2 Å². The minimum Gasteiger partial charge on any atom is -0.360 e. The first-order valence-corrected chi connectivity index (χ1v) is 8.88. The second kappa shape index (κ2) is 8.05. The van der Waals surface area contributed by atoms with E-state index in [2.05, 4.69) is 20.6 Å². The van der Waals surface area contributed by atoms with Crippen LogP contribution in [-0.2, 0) is 6.54 Å². The molecule has 10 heteroatoms. The summed E-state index contributed by atoms with van der Waals surface area (Å²) in [6.07, 6.45) is -0.644. The molecule has 0 saturated heterocycles. The number of aryl methyl sites for hydroxylation is 1. The van der Waals surface area contributed by atoms with Crippen LogP contribution in [0.2, 0.25) is 5.02 Å². The van der Waals surface area contributed by atoms with Gasteiger partial charge in [-0.1, -0.05) is 18.5 Å². The molecule has 6 nitrogen and oxygen atoms in total. The largest absolute Gasteiger partial charge is 0.405 e. The van der Waals surface area contributed by atoms with Crippen LogP contribution in [0.3, 0.4) is 0 Å². The van der Waals surface area contributed by atoms with Crippen LogP contribution in [0.4, 0.5) is 30.6 Å². The zero-order valence-electron chi connectivity index (χ0n) is 14.8. The van der Waals surface area contributed by atoms with Gasteiger partial charge in [0.25, 0.3) is 5.56 Å². The van der Waals surface area contributed by atoms with Gasteiger partial charge in [-0.2, -0.15) is 13.2 Å². The molecule has 0 aliphatic heterocycles. The molecule has 3 heterocycles. The molecule has 0 aliphatic carbocycles. The molecule has 0 aromatic carbocycles. The lowest BCUT2D eigenvalue weighted by molar-refractivity contribution is -0.115. The lowest BCUT2D eigenvalue weighted by atomic mass is 10.2. The van der Waals surface area contributed by atoms with Gasteiger partial charge in [0.15, 0.2) is 0 Å². The second-order valence-electron chi connectivity index (χ2n) is 6.09. The van der Waals surface area contributed by atoms with Crippen LogP contribution in [0.25, 0.3) is 10.8 Å². The number of hydrogen-bond donors (Lipinski definition) is 2. The fourth-order valence-corrected chi connectivity index (χ4v) is 2.86. The molecule has 0 saturated carbocycles. The predicted octanol–water partition coefficient (Wildman–Crippen LogP) is 4.57. The Kier molecular flexibility index (Phi) is 5.73. The maximum absolute atomic E-state index is 12.7. The molecule has 3 aromatic rings. The first-order chi connectivity index (χ1) is 13.3. The van der Waals surface area contributed by atoms with Crippen LogP contribution < -0.4 is 16.2 Å². The third-order valence-electron chi connectivity index (χ3n) is 3.86. The molecular formula is C18H17ClF3N5O. The second-order valence-corrected chi connectivity index (χ2v) is 6.52. The van der Waals surface area contributed by atoms with E-state index < -0.39 is 18.3 Å². The van der Waals surface area contributed by atoms with E-state index >= 15 is 0 Å². The molecule has 0 aliphatic rings. The number of alkyl halides is 3. The maximum atomic E-state index is 12.7. The van der Waals surface area contributed by atoms with Crippen LogP contribution >= 0.6 is 11.6 Å². The van der Waals surface area contributed by atoms with Gasteiger partial charge in [-0.15, -0.1) is 0 Å². The lowest BCUT2D eigenvalue weighted by Crippen LogP contribution is -2.25. The zero-order valence-corrected chi connectivity index (χ0v) is 15.6. The Morgan fingerprint density at radius 3 is 2.68 bits per heavy atom. The average molecular weight is 412 g/mol. The van der Waals surface area contributed by atoms with E-state index in [0.29, 0.717) is 29.2 Å². The minimum absolute atomic E-state index is 0.102. The number of aromatic nitrogens is 3. The number of pyridine rings is 3. The molecule has 0 atom stereocenters. The van der Waals surface area contributed by atoms with Crippen molar-refractivity contribution in [1.82, 2.24) is 14.5 Å². The van der Waals surface area contributed by atoms with Crippen molar-refractivity contribution >= 4 is 39.8 Å². The van der Waals surface area contributed by atoms with Gasteiger partial charge in [0.2, 0.25) is 0 Å². The zero-order chi connectivity index (χ0) is 20.3. The Labute approximate surface area is 163 Å². The van der Waals surface area contributed by atoms with Crippen molar-refractivity contribution in [2.75, 3.05) is 17.2 Å². The summed E-state index contributed by atoms with van der Waals surface area (Å²) in [5.41, 5.74) is -0.399. The van der Waals surface area contributed by atoms with E-state index in [1.54, 1.807) is 30.5 Å². The fourth-order valence-electron chi connectivity index (χ4n) is 2.70. The summed E-state index contributed by atoms with van der Waals surface area (Å²) in [4.78, 5) is 21.0. The third-order valence-corrected chi connectivity index (χ3v) is 4.09. The smallest absolute Gasteiger partial charge is 0.360 e. The quantitative estimate of drug-likeness (QED) is 0.621. The van der Waals surface area contributed by atoms with E-state index in [4.69, 9.17) is 11.6 Å². The molecular weight excluding hydrogens is 395 g/mol. The summed E-state index contributed by atoms with van der Waals surface area (Å²) >= 11 is 5.92. The average Bonchev–Trinajstić information content (AvgIpc) is 2.61. The predicted molar refractivity (Wildman–Crippen MR) is 103 cm³/mol. The van der Waals surface area contributed by atoms with Gasteiger partial charge in [-0.05, 0) is 36.1 Å². The summed E-state index contributed by atoms with van der Waals surface area (Å²) in [6, 6.07) is 6.39. The van der Waals surface area contributed by atoms with Crippen LogP contribution in [0.5, 0.6) is 0 Å². The van der Waals surface area contributed by atoms with Crippen molar-refractivity contribution in [3.8, 4) is 0 Å². The van der Waals surface area contributed by atoms with Crippen molar-refractivity contribution < 1.29 is 13.2 Å². The molecule has 0 fully saturated rings. The van der Waals surface area contributed by atoms with E-state index in [-0.39, 0.29) is 17.0 Å². The standard InChI is InChI=1S/C18H17ClF3N5O/c1-2-6-27-7-4-11-8-14(25-13-9-12(19)3-5-23-13)26-16(15(11)17(27)28)24-10-18(20,21)22/h3-5,7-9H,2,6,10H2,1H3,(H2,23,24,25,26). The van der Waals surface area contributed by atoms with E-state index in [9.17, 15) is 18.0 Å². The number of rotatable bonds is 6. The van der Waals surface area contributed by atoms with Gasteiger partial charge in [-0.3, -0.25) is 4.79 Å². The number of nitrogens with zero attached hydrogens (tertiary/aromatic N) is 3. The van der Waals surface area contributed by atoms with Crippen molar-refractivity contribution in [1.29, 1.82) is 0 Å². The van der Waals surface area contributed by atoms with E-state index in [1.807, 2.05) is 6.92 Å². The number of halogens is 4. The Morgan fingerprint density at radius 1 is 1.21 bits per heavy atom. The van der Waals surface area contributed by atoms with Gasteiger partial charge in [-0.25, -0.2) is 9.97 Å². The highest BCUT2D eigenvalue weighted by Gasteiger charge is 2.27. The fraction of sp³-hybridized carbons (Fsp3) is 0.278. The molecule has 3 rings (SSSR count). The topological polar surface area (TPSA) is 71.8 Å². The summed E-state index contributed by atoms with van der Waals surface area (Å²) in [5.74, 6) is 0.467. The summed E-state index contributed by atoms with van der Waals surface area (Å²) in [5, 5.41) is 6.14. The number of fused-ring (bicyclic) bond motifs is 1. The molecule has 28 heavy (non-hydrogen) atoms. The van der Waals surface area contributed by atoms with Crippen molar-refractivity contribution in [3.63, 3.8) is 0 Å². The number of hydrogen-bond acceptors (Lipinski definition) is 5. The normalized spacial score (nSPS) is 11.6. The summed E-state index contributed by atoms with van der Waals surface area (Å²) < 4.78 is 39.6. The van der Waals surface area contributed by atoms with Crippen LogP contribution in [0.15, 0.2) is 41.5 Å². The van der Waals surface area contributed by atoms with E-state index in [1.165, 1.54) is 10.8 Å². The Balaban J connectivity index is 2.09. The highest BCUT2D eigenvalue weighted by molar-refractivity contribution is 6.30. The van der Waals surface area contributed by atoms with Gasteiger partial charge >= 0.3 is 6.18 Å².